The van der Waals surface area contributed by atoms with Gasteiger partial charge in [0.25, 0.3) is 0 Å². The Kier molecular flexibility index (Phi) is 12.2. The molecule has 0 saturated carbocycles. The Morgan fingerprint density at radius 3 is 1.81 bits per heavy atom. The van der Waals surface area contributed by atoms with Crippen molar-refractivity contribution in [3.63, 3.8) is 0 Å². The van der Waals surface area contributed by atoms with E-state index in [9.17, 15) is 14.0 Å². The molecular weight excluding hydrogens is 494 g/mol. The predicted molar refractivity (Wildman–Crippen MR) is 147 cm³/mol. The van der Waals surface area contributed by atoms with Crippen LogP contribution in [0, 0.1) is 0 Å². The summed E-state index contributed by atoms with van der Waals surface area (Å²) in [5.74, 6) is 1.34. The molecular formula is C28H36O6P2. The van der Waals surface area contributed by atoms with Gasteiger partial charge in [-0.25, -0.2) is 4.57 Å². The van der Waals surface area contributed by atoms with Gasteiger partial charge in [-0.1, -0.05) is 77.4 Å². The van der Waals surface area contributed by atoms with Gasteiger partial charge in [0.2, 0.25) is 0 Å². The van der Waals surface area contributed by atoms with Crippen molar-refractivity contribution >= 4 is 15.4 Å². The molecule has 6 nitrogen and oxygen atoms in total. The fraction of sp³-hybridized carbons (Fsp3) is 0.286. The number of para-hydroxylation sites is 2. The fourth-order valence-electron chi connectivity index (χ4n) is 3.08. The summed E-state index contributed by atoms with van der Waals surface area (Å²) < 4.78 is 41.9. The lowest BCUT2D eigenvalue weighted by Gasteiger charge is -2.20. The van der Waals surface area contributed by atoms with Crippen molar-refractivity contribution < 1.29 is 27.4 Å². The second kappa shape index (κ2) is 14.8. The normalized spacial score (nSPS) is 14.4. The van der Waals surface area contributed by atoms with E-state index in [4.69, 9.17) is 13.4 Å². The minimum Gasteiger partial charge on any atom is -0.395 e. The maximum absolute atomic E-state index is 13.3. The average molecular weight is 531 g/mol. The molecule has 2 aromatic rings. The van der Waals surface area contributed by atoms with E-state index in [-0.39, 0.29) is 11.5 Å². The van der Waals surface area contributed by atoms with Gasteiger partial charge in [-0.2, -0.15) is 4.31 Å². The highest BCUT2D eigenvalue weighted by Gasteiger charge is 2.38. The highest BCUT2D eigenvalue weighted by molar-refractivity contribution is 7.66. The molecule has 0 aliphatic carbocycles. The molecule has 0 fully saturated rings. The summed E-state index contributed by atoms with van der Waals surface area (Å²) in [5, 5.41) is 0. The van der Waals surface area contributed by atoms with E-state index in [1.807, 2.05) is 6.92 Å². The minimum atomic E-state index is -4.49. The molecule has 1 atom stereocenters. The highest BCUT2D eigenvalue weighted by Crippen LogP contribution is 2.62. The lowest BCUT2D eigenvalue weighted by atomic mass is 10.1. The molecule has 0 aliphatic rings. The minimum absolute atomic E-state index is 0.181. The van der Waals surface area contributed by atoms with Crippen LogP contribution in [-0.2, 0) is 13.4 Å². The topological polar surface area (TPSA) is 82.1 Å². The van der Waals surface area contributed by atoms with Crippen LogP contribution in [0.4, 0.5) is 0 Å². The summed E-state index contributed by atoms with van der Waals surface area (Å²) in [5.41, 5.74) is 3.70. The molecule has 2 aromatic carbocycles. The second-order valence-corrected chi connectivity index (χ2v) is 12.0. The van der Waals surface area contributed by atoms with Crippen LogP contribution in [0.15, 0.2) is 108 Å². The molecule has 0 heterocycles. The maximum atomic E-state index is 13.3. The van der Waals surface area contributed by atoms with Gasteiger partial charge < -0.3 is 13.9 Å². The zero-order chi connectivity index (χ0) is 26.4. The second-order valence-electron chi connectivity index (χ2n) is 8.67. The van der Waals surface area contributed by atoms with E-state index in [0.717, 1.165) is 37.1 Å². The third kappa shape index (κ3) is 12.4. The Balaban J connectivity index is 2.02. The lowest BCUT2D eigenvalue weighted by molar-refractivity contribution is 0.280. The van der Waals surface area contributed by atoms with Crippen LogP contribution in [0.3, 0.4) is 0 Å². The van der Waals surface area contributed by atoms with Crippen molar-refractivity contribution in [3.8, 4) is 11.5 Å². The van der Waals surface area contributed by atoms with Crippen molar-refractivity contribution in [2.45, 2.75) is 53.4 Å². The van der Waals surface area contributed by atoms with Crippen molar-refractivity contribution in [1.82, 2.24) is 0 Å². The summed E-state index contributed by atoms with van der Waals surface area (Å²) in [7, 11) is -8.95. The number of allylic oxidation sites excluding steroid dienone is 7. The Bertz CT molecular complexity index is 1120. The number of phosphoric acid groups is 1. The molecule has 0 bridgehead atoms. The zero-order valence-corrected chi connectivity index (χ0v) is 23.2. The molecule has 0 amide bonds. The molecule has 194 valence electrons. The first kappa shape index (κ1) is 29.6. The van der Waals surface area contributed by atoms with Crippen LogP contribution >= 0.6 is 15.4 Å². The van der Waals surface area contributed by atoms with Gasteiger partial charge in [-0.15, -0.1) is 0 Å². The van der Waals surface area contributed by atoms with Crippen molar-refractivity contribution in [1.29, 1.82) is 0 Å². The maximum Gasteiger partial charge on any atom is 0.595 e. The van der Waals surface area contributed by atoms with Gasteiger partial charge in [0.1, 0.15) is 11.5 Å². The van der Waals surface area contributed by atoms with Crippen LogP contribution in [-0.4, -0.2) is 4.89 Å². The predicted octanol–water partition coefficient (Wildman–Crippen LogP) is 9.39. The standard InChI is InChI=1S/C28H36O6P2/c1-24(2)14-11-15-25(3)16-12-17-26(4)18-13-23-35(29,30)34-36(31,32-27-19-7-5-8-20-27)33-28-21-9-6-10-22-28/h5-10,13-14,16,18-23H,11-12,15,17H2,1-4H3,(H,29,30)/b23-13+,25-16+,26-18+. The summed E-state index contributed by atoms with van der Waals surface area (Å²) >= 11 is 0. The van der Waals surface area contributed by atoms with Crippen molar-refractivity contribution in [2.75, 3.05) is 0 Å². The summed E-state index contributed by atoms with van der Waals surface area (Å²) in [6, 6.07) is 16.4. The number of phosphoric ester groups is 1. The fourth-order valence-corrected chi connectivity index (χ4v) is 5.81. The molecule has 2 rings (SSSR count). The molecule has 0 aliphatic heterocycles. The molecule has 0 spiro atoms. The van der Waals surface area contributed by atoms with Crippen molar-refractivity contribution in [3.05, 3.63) is 108 Å². The Morgan fingerprint density at radius 2 is 1.28 bits per heavy atom. The molecule has 0 aromatic heterocycles. The van der Waals surface area contributed by atoms with Crippen LogP contribution in [0.5, 0.6) is 11.5 Å². The van der Waals surface area contributed by atoms with Crippen LogP contribution < -0.4 is 9.05 Å². The largest absolute Gasteiger partial charge is 0.595 e. The van der Waals surface area contributed by atoms with Crippen LogP contribution in [0.1, 0.15) is 53.4 Å². The SMILES string of the molecule is CC(C)=CCC/C(C)=C/CC/C(C)=C/C=C/P(=O)(O)OP(=O)(Oc1ccccc1)Oc1ccccc1. The van der Waals surface area contributed by atoms with E-state index in [2.05, 4.69) is 32.9 Å². The van der Waals surface area contributed by atoms with E-state index in [1.165, 1.54) is 17.2 Å². The van der Waals surface area contributed by atoms with Crippen LogP contribution in [0.2, 0.25) is 0 Å². The molecule has 1 N–H and O–H groups in total. The molecule has 8 heteroatoms. The molecule has 1 unspecified atom stereocenters. The molecule has 0 saturated heterocycles. The molecule has 36 heavy (non-hydrogen) atoms. The quantitative estimate of drug-likeness (QED) is 0.149. The van der Waals surface area contributed by atoms with Gasteiger partial charge in [0.05, 0.1) is 0 Å². The van der Waals surface area contributed by atoms with Gasteiger partial charge in [0.15, 0.2) is 0 Å². The summed E-state index contributed by atoms with van der Waals surface area (Å²) in [6.45, 7) is 8.27. The number of hydrogen-bond donors (Lipinski definition) is 1. The van der Waals surface area contributed by atoms with E-state index >= 15 is 0 Å². The first-order chi connectivity index (χ1) is 17.1. The summed E-state index contributed by atoms with van der Waals surface area (Å²) in [6.07, 6.45) is 11.4. The zero-order valence-electron chi connectivity index (χ0n) is 21.4. The molecule has 0 radical (unpaired) electrons. The average Bonchev–Trinajstić information content (AvgIpc) is 2.79. The Labute approximate surface area is 215 Å². The number of hydrogen-bond acceptors (Lipinski definition) is 5. The highest BCUT2D eigenvalue weighted by atomic mass is 31.3. The monoisotopic (exact) mass is 530 g/mol. The van der Waals surface area contributed by atoms with E-state index in [0.29, 0.717) is 0 Å². The third-order valence-electron chi connectivity index (χ3n) is 4.92. The van der Waals surface area contributed by atoms with Gasteiger partial charge >= 0.3 is 15.4 Å². The number of rotatable bonds is 14. The summed E-state index contributed by atoms with van der Waals surface area (Å²) in [4.78, 5) is 10.4. The van der Waals surface area contributed by atoms with Gasteiger partial charge in [-0.05, 0) is 77.6 Å². The first-order valence-corrected chi connectivity index (χ1v) is 14.9. The first-order valence-electron chi connectivity index (χ1n) is 11.8. The lowest BCUT2D eigenvalue weighted by Crippen LogP contribution is -2.03. The smallest absolute Gasteiger partial charge is 0.395 e. The van der Waals surface area contributed by atoms with Crippen molar-refractivity contribution in [2.24, 2.45) is 0 Å². The van der Waals surface area contributed by atoms with E-state index < -0.39 is 15.4 Å². The van der Waals surface area contributed by atoms with E-state index in [1.54, 1.807) is 66.7 Å². The third-order valence-corrected chi connectivity index (χ3v) is 8.07. The number of benzene rings is 2. The van der Waals surface area contributed by atoms with Gasteiger partial charge in [-0.3, -0.25) is 4.57 Å². The van der Waals surface area contributed by atoms with Crippen LogP contribution in [0.25, 0.3) is 0 Å². The van der Waals surface area contributed by atoms with Gasteiger partial charge in [0, 0.05) is 5.82 Å². The Hall–Kier alpha value is -2.62. The Morgan fingerprint density at radius 1 is 0.778 bits per heavy atom.